The van der Waals surface area contributed by atoms with E-state index in [0.717, 1.165) is 38.6 Å². The molecule has 0 bridgehead atoms. The highest BCUT2D eigenvalue weighted by molar-refractivity contribution is 5.82. The van der Waals surface area contributed by atoms with Crippen molar-refractivity contribution < 1.29 is 4.74 Å². The van der Waals surface area contributed by atoms with E-state index in [0.29, 0.717) is 0 Å². The Balaban J connectivity index is 1.53. The van der Waals surface area contributed by atoms with E-state index in [1.165, 1.54) is 16.5 Å². The molecule has 6 heteroatoms. The Morgan fingerprint density at radius 3 is 3.22 bits per heavy atom. The Kier molecular flexibility index (Phi) is 3.85. The van der Waals surface area contributed by atoms with Crippen LogP contribution in [0.15, 0.2) is 36.8 Å². The largest absolute Gasteiger partial charge is 0.368 e. The molecule has 3 heterocycles. The molecule has 0 spiro atoms. The molecule has 0 aliphatic carbocycles. The van der Waals surface area contributed by atoms with Gasteiger partial charge in [-0.3, -0.25) is 4.90 Å². The third-order valence-corrected chi connectivity index (χ3v) is 4.50. The summed E-state index contributed by atoms with van der Waals surface area (Å²) in [4.78, 5) is 5.71. The van der Waals surface area contributed by atoms with E-state index >= 15 is 0 Å². The molecule has 120 valence electrons. The zero-order valence-corrected chi connectivity index (χ0v) is 13.3. The number of aryl methyl sites for hydroxylation is 1. The molecule has 1 atom stereocenters. The maximum absolute atomic E-state index is 5.93. The van der Waals surface area contributed by atoms with Crippen molar-refractivity contribution in [3.63, 3.8) is 0 Å². The quantitative estimate of drug-likeness (QED) is 0.803. The van der Waals surface area contributed by atoms with Gasteiger partial charge < -0.3 is 14.3 Å². The summed E-state index contributed by atoms with van der Waals surface area (Å²) < 4.78 is 7.99. The molecule has 1 fully saturated rings. The van der Waals surface area contributed by atoms with E-state index in [1.807, 2.05) is 6.20 Å². The van der Waals surface area contributed by atoms with Crippen LogP contribution in [0.3, 0.4) is 0 Å². The third-order valence-electron chi connectivity index (χ3n) is 4.50. The highest BCUT2D eigenvalue weighted by Crippen LogP contribution is 2.24. The topological polar surface area (TPSA) is 59.0 Å². The number of nitrogens with zero attached hydrogens (tertiary/aromatic N) is 4. The fraction of sp³-hybridized carbons (Fsp3) is 0.412. The number of rotatable bonds is 4. The lowest BCUT2D eigenvalue weighted by Crippen LogP contribution is -2.38. The highest BCUT2D eigenvalue weighted by atomic mass is 16.5. The lowest BCUT2D eigenvalue weighted by atomic mass is 10.1. The fourth-order valence-corrected chi connectivity index (χ4v) is 3.29. The van der Waals surface area contributed by atoms with Crippen molar-refractivity contribution in [1.29, 1.82) is 0 Å². The average Bonchev–Trinajstić information content (AvgIpc) is 3.24. The van der Waals surface area contributed by atoms with E-state index in [9.17, 15) is 0 Å². The first-order valence-electron chi connectivity index (χ1n) is 8.12. The van der Waals surface area contributed by atoms with Gasteiger partial charge in [0.1, 0.15) is 12.4 Å². The van der Waals surface area contributed by atoms with Gasteiger partial charge in [0.05, 0.1) is 6.61 Å². The van der Waals surface area contributed by atoms with E-state index in [1.54, 1.807) is 6.33 Å². The second-order valence-corrected chi connectivity index (χ2v) is 5.93. The summed E-state index contributed by atoms with van der Waals surface area (Å²) in [7, 11) is 0. The first-order chi connectivity index (χ1) is 11.3. The van der Waals surface area contributed by atoms with Gasteiger partial charge in [-0.2, -0.15) is 0 Å². The molecule has 1 aliphatic heterocycles. The molecule has 1 aromatic carbocycles. The van der Waals surface area contributed by atoms with Crippen LogP contribution in [0, 0.1) is 0 Å². The van der Waals surface area contributed by atoms with Crippen molar-refractivity contribution in [3.05, 3.63) is 48.2 Å². The fourth-order valence-electron chi connectivity index (χ4n) is 3.29. The standard InChI is InChI=1S/C17H21N5O/c1-2-22-12-19-20-17(22)16-11-21(8-9-23-16)10-13-4-3-5-15-14(13)6-7-18-15/h3-7,12,16,18H,2,8-11H2,1H3. The highest BCUT2D eigenvalue weighted by Gasteiger charge is 2.26. The molecule has 1 aliphatic rings. The van der Waals surface area contributed by atoms with Gasteiger partial charge in [-0.05, 0) is 24.6 Å². The molecule has 2 aromatic heterocycles. The summed E-state index contributed by atoms with van der Waals surface area (Å²) in [5.41, 5.74) is 2.54. The number of aromatic amines is 1. The Bertz CT molecular complexity index is 793. The molecule has 1 N–H and O–H groups in total. The molecule has 4 rings (SSSR count). The number of fused-ring (bicyclic) bond motifs is 1. The molecule has 0 amide bonds. The minimum absolute atomic E-state index is 0.00312. The van der Waals surface area contributed by atoms with E-state index in [2.05, 4.69) is 55.8 Å². The summed E-state index contributed by atoms with van der Waals surface area (Å²) in [5, 5.41) is 9.57. The molecular formula is C17H21N5O. The summed E-state index contributed by atoms with van der Waals surface area (Å²) in [6.07, 6.45) is 3.77. The SMILES string of the molecule is CCn1cnnc1C1CN(Cc2cccc3[nH]ccc23)CCO1. The number of nitrogens with one attached hydrogen (secondary N) is 1. The first kappa shape index (κ1) is 14.4. The van der Waals surface area contributed by atoms with E-state index < -0.39 is 0 Å². The smallest absolute Gasteiger partial charge is 0.163 e. The number of benzene rings is 1. The second kappa shape index (κ2) is 6.14. The average molecular weight is 311 g/mol. The lowest BCUT2D eigenvalue weighted by molar-refractivity contribution is -0.0387. The predicted molar refractivity (Wildman–Crippen MR) is 88.0 cm³/mol. The van der Waals surface area contributed by atoms with E-state index in [4.69, 9.17) is 4.74 Å². The molecule has 3 aromatic rings. The summed E-state index contributed by atoms with van der Waals surface area (Å²) >= 11 is 0. The van der Waals surface area contributed by atoms with Crippen molar-refractivity contribution in [1.82, 2.24) is 24.6 Å². The van der Waals surface area contributed by atoms with Crippen molar-refractivity contribution in [2.75, 3.05) is 19.7 Å². The number of hydrogen-bond acceptors (Lipinski definition) is 4. The van der Waals surface area contributed by atoms with E-state index in [-0.39, 0.29) is 6.10 Å². The summed E-state index contributed by atoms with van der Waals surface area (Å²) in [6.45, 7) is 6.40. The summed E-state index contributed by atoms with van der Waals surface area (Å²) in [5.74, 6) is 0.928. The number of ether oxygens (including phenoxy) is 1. The first-order valence-corrected chi connectivity index (χ1v) is 8.12. The van der Waals surface area contributed by atoms with Crippen molar-refractivity contribution in [3.8, 4) is 0 Å². The Labute approximate surface area is 135 Å². The van der Waals surface area contributed by atoms with Gasteiger partial charge in [-0.25, -0.2) is 0 Å². The zero-order valence-electron chi connectivity index (χ0n) is 13.3. The molecule has 1 unspecified atom stereocenters. The normalized spacial score (nSPS) is 19.4. The lowest BCUT2D eigenvalue weighted by Gasteiger charge is -2.32. The molecule has 1 saturated heterocycles. The van der Waals surface area contributed by atoms with Crippen LogP contribution in [0.2, 0.25) is 0 Å². The van der Waals surface area contributed by atoms with Crippen molar-refractivity contribution in [2.24, 2.45) is 0 Å². The number of H-pyrrole nitrogens is 1. The van der Waals surface area contributed by atoms with Crippen LogP contribution in [0.5, 0.6) is 0 Å². The van der Waals surface area contributed by atoms with Crippen LogP contribution in [-0.4, -0.2) is 44.3 Å². The number of aromatic nitrogens is 4. The van der Waals surface area contributed by atoms with Gasteiger partial charge in [-0.15, -0.1) is 10.2 Å². The summed E-state index contributed by atoms with van der Waals surface area (Å²) in [6, 6.07) is 8.58. The molecule has 0 radical (unpaired) electrons. The van der Waals surface area contributed by atoms with Gasteiger partial charge in [0.15, 0.2) is 5.82 Å². The molecular weight excluding hydrogens is 290 g/mol. The Hall–Kier alpha value is -2.18. The van der Waals surface area contributed by atoms with Gasteiger partial charge in [-0.1, -0.05) is 12.1 Å². The number of hydrogen-bond donors (Lipinski definition) is 1. The molecule has 0 saturated carbocycles. The zero-order chi connectivity index (χ0) is 15.6. The van der Waals surface area contributed by atoms with Crippen molar-refractivity contribution in [2.45, 2.75) is 26.1 Å². The van der Waals surface area contributed by atoms with Gasteiger partial charge >= 0.3 is 0 Å². The van der Waals surface area contributed by atoms with Crippen LogP contribution in [-0.2, 0) is 17.8 Å². The second-order valence-electron chi connectivity index (χ2n) is 5.93. The third kappa shape index (κ3) is 2.75. The number of morpholine rings is 1. The van der Waals surface area contributed by atoms with Gasteiger partial charge in [0.25, 0.3) is 0 Å². The van der Waals surface area contributed by atoms with Crippen LogP contribution in [0.25, 0.3) is 10.9 Å². The minimum atomic E-state index is -0.00312. The maximum atomic E-state index is 5.93. The van der Waals surface area contributed by atoms with Gasteiger partial charge in [0, 0.05) is 43.3 Å². The maximum Gasteiger partial charge on any atom is 0.163 e. The molecule has 23 heavy (non-hydrogen) atoms. The van der Waals surface area contributed by atoms with Gasteiger partial charge in [0.2, 0.25) is 0 Å². The van der Waals surface area contributed by atoms with Crippen LogP contribution in [0.4, 0.5) is 0 Å². The Morgan fingerprint density at radius 1 is 1.35 bits per heavy atom. The van der Waals surface area contributed by atoms with Crippen LogP contribution >= 0.6 is 0 Å². The monoisotopic (exact) mass is 311 g/mol. The Morgan fingerprint density at radius 2 is 2.30 bits per heavy atom. The van der Waals surface area contributed by atoms with Crippen LogP contribution < -0.4 is 0 Å². The minimum Gasteiger partial charge on any atom is -0.368 e. The van der Waals surface area contributed by atoms with Crippen molar-refractivity contribution >= 4 is 10.9 Å². The molecule has 6 nitrogen and oxygen atoms in total. The van der Waals surface area contributed by atoms with Crippen LogP contribution in [0.1, 0.15) is 24.4 Å². The predicted octanol–water partition coefficient (Wildman–Crippen LogP) is 2.35.